The van der Waals surface area contributed by atoms with Crippen molar-refractivity contribution in [1.82, 2.24) is 14.8 Å². The second kappa shape index (κ2) is 8.30. The van der Waals surface area contributed by atoms with Crippen LogP contribution in [0.2, 0.25) is 10.0 Å². The first-order valence-electron chi connectivity index (χ1n) is 8.42. The van der Waals surface area contributed by atoms with E-state index in [1.54, 1.807) is 22.9 Å². The lowest BCUT2D eigenvalue weighted by atomic mass is 9.72. The summed E-state index contributed by atoms with van der Waals surface area (Å²) in [6.07, 6.45) is 2.06. The van der Waals surface area contributed by atoms with E-state index in [1.807, 2.05) is 27.7 Å². The van der Waals surface area contributed by atoms with Gasteiger partial charge in [0.2, 0.25) is 4.77 Å². The van der Waals surface area contributed by atoms with Gasteiger partial charge in [-0.3, -0.25) is 9.78 Å². The standard InChI is InChI=1S/C18H25Cl2N3O2S/c1-12(9-25-15-6-5-13(19)7-14(15)20)8-18(24,17(2,3)4)10-23-16(26)21-11-22-23/h5-7,11-12,24H,8-10H2,1-4H3,(H,21,22,26). The number of ether oxygens (including phenoxy) is 1. The number of H-pyrrole nitrogens is 1. The Labute approximate surface area is 169 Å². The van der Waals surface area contributed by atoms with Crippen LogP contribution in [-0.4, -0.2) is 32.1 Å². The summed E-state index contributed by atoms with van der Waals surface area (Å²) >= 11 is 17.2. The minimum absolute atomic E-state index is 0.0862. The molecule has 1 aromatic carbocycles. The highest BCUT2D eigenvalue weighted by atomic mass is 35.5. The third-order valence-corrected chi connectivity index (χ3v) is 5.39. The molecule has 5 nitrogen and oxygen atoms in total. The molecule has 0 fully saturated rings. The molecule has 0 bridgehead atoms. The molecule has 2 N–H and O–H groups in total. The van der Waals surface area contributed by atoms with Gasteiger partial charge >= 0.3 is 0 Å². The van der Waals surface area contributed by atoms with Crippen molar-refractivity contribution in [3.63, 3.8) is 0 Å². The lowest BCUT2D eigenvalue weighted by Gasteiger charge is -2.42. The number of hydrogen-bond donors (Lipinski definition) is 2. The summed E-state index contributed by atoms with van der Waals surface area (Å²) in [5, 5.41) is 15.4. The van der Waals surface area contributed by atoms with Gasteiger partial charge in [0.05, 0.1) is 23.8 Å². The van der Waals surface area contributed by atoms with Crippen molar-refractivity contribution in [3.05, 3.63) is 39.3 Å². The van der Waals surface area contributed by atoms with Gasteiger partial charge in [-0.05, 0) is 48.2 Å². The van der Waals surface area contributed by atoms with E-state index in [2.05, 4.69) is 10.1 Å². The molecule has 0 aliphatic rings. The van der Waals surface area contributed by atoms with Gasteiger partial charge in [-0.1, -0.05) is 50.9 Å². The van der Waals surface area contributed by atoms with Gasteiger partial charge in [0, 0.05) is 5.02 Å². The Morgan fingerprint density at radius 1 is 1.35 bits per heavy atom. The summed E-state index contributed by atoms with van der Waals surface area (Å²) in [5.41, 5.74) is -1.36. The van der Waals surface area contributed by atoms with Gasteiger partial charge in [0.15, 0.2) is 0 Å². The number of nitrogens with zero attached hydrogens (tertiary/aromatic N) is 2. The monoisotopic (exact) mass is 417 g/mol. The Balaban J connectivity index is 2.07. The van der Waals surface area contributed by atoms with Crippen molar-refractivity contribution >= 4 is 35.4 Å². The lowest BCUT2D eigenvalue weighted by molar-refractivity contribution is -0.0919. The van der Waals surface area contributed by atoms with E-state index in [1.165, 1.54) is 6.33 Å². The van der Waals surface area contributed by atoms with Crippen molar-refractivity contribution in [2.24, 2.45) is 11.3 Å². The zero-order chi connectivity index (χ0) is 19.5. The molecule has 8 heteroatoms. The van der Waals surface area contributed by atoms with E-state index in [0.29, 0.717) is 40.1 Å². The first-order chi connectivity index (χ1) is 12.0. The predicted octanol–water partition coefficient (Wildman–Crippen LogP) is 5.13. The molecule has 0 saturated heterocycles. The molecule has 0 saturated carbocycles. The number of aromatic amines is 1. The number of benzene rings is 1. The molecule has 0 aliphatic heterocycles. The Morgan fingerprint density at radius 2 is 2.04 bits per heavy atom. The van der Waals surface area contributed by atoms with Crippen molar-refractivity contribution in [3.8, 4) is 5.75 Å². The van der Waals surface area contributed by atoms with Crippen LogP contribution in [0.4, 0.5) is 0 Å². The number of hydrogen-bond acceptors (Lipinski definition) is 4. The van der Waals surface area contributed by atoms with E-state index in [-0.39, 0.29) is 11.3 Å². The third kappa shape index (κ3) is 5.22. The van der Waals surface area contributed by atoms with Gasteiger partial charge in [-0.2, -0.15) is 0 Å². The summed E-state index contributed by atoms with van der Waals surface area (Å²) in [6, 6.07) is 5.13. The zero-order valence-corrected chi connectivity index (χ0v) is 17.8. The molecule has 2 unspecified atom stereocenters. The molecular formula is C18H25Cl2N3O2S. The van der Waals surface area contributed by atoms with Crippen LogP contribution < -0.4 is 4.74 Å². The van der Waals surface area contributed by atoms with Crippen LogP contribution in [0.25, 0.3) is 0 Å². The maximum Gasteiger partial charge on any atom is 0.215 e. The average Bonchev–Trinajstić information content (AvgIpc) is 2.90. The highest BCUT2D eigenvalue weighted by Gasteiger charge is 2.41. The minimum Gasteiger partial charge on any atom is -0.492 e. The van der Waals surface area contributed by atoms with Crippen molar-refractivity contribution in [2.75, 3.05) is 6.61 Å². The molecule has 1 heterocycles. The molecule has 2 atom stereocenters. The van der Waals surface area contributed by atoms with Crippen LogP contribution in [0.1, 0.15) is 34.1 Å². The highest BCUT2D eigenvalue weighted by molar-refractivity contribution is 7.71. The van der Waals surface area contributed by atoms with Gasteiger partial charge in [0.25, 0.3) is 0 Å². The molecule has 0 aliphatic carbocycles. The van der Waals surface area contributed by atoms with Crippen LogP contribution in [0.5, 0.6) is 5.75 Å². The largest absolute Gasteiger partial charge is 0.492 e. The van der Waals surface area contributed by atoms with E-state index in [0.717, 1.165) is 0 Å². The smallest absolute Gasteiger partial charge is 0.215 e. The van der Waals surface area contributed by atoms with Crippen LogP contribution in [-0.2, 0) is 6.54 Å². The molecule has 1 aromatic heterocycles. The predicted molar refractivity (Wildman–Crippen MR) is 108 cm³/mol. The second-order valence-corrected chi connectivity index (χ2v) is 8.94. The van der Waals surface area contributed by atoms with Crippen LogP contribution in [0.3, 0.4) is 0 Å². The van der Waals surface area contributed by atoms with Gasteiger partial charge < -0.3 is 9.84 Å². The van der Waals surface area contributed by atoms with Crippen LogP contribution >= 0.6 is 35.4 Å². The highest BCUT2D eigenvalue weighted by Crippen LogP contribution is 2.37. The Kier molecular flexibility index (Phi) is 6.77. The number of rotatable bonds is 7. The Morgan fingerprint density at radius 3 is 2.58 bits per heavy atom. The Hall–Kier alpha value is -1.08. The van der Waals surface area contributed by atoms with Gasteiger partial charge in [0.1, 0.15) is 12.1 Å². The fourth-order valence-electron chi connectivity index (χ4n) is 2.72. The van der Waals surface area contributed by atoms with E-state index < -0.39 is 5.60 Å². The molecular weight excluding hydrogens is 393 g/mol. The first kappa shape index (κ1) is 21.2. The number of aliphatic hydroxyl groups is 1. The van der Waals surface area contributed by atoms with Crippen LogP contribution in [0.15, 0.2) is 24.5 Å². The van der Waals surface area contributed by atoms with E-state index in [9.17, 15) is 5.11 Å². The van der Waals surface area contributed by atoms with Gasteiger partial charge in [-0.25, -0.2) is 4.98 Å². The summed E-state index contributed by atoms with van der Waals surface area (Å²) in [6.45, 7) is 8.83. The molecule has 2 aromatic rings. The Bertz CT molecular complexity index is 800. The summed E-state index contributed by atoms with van der Waals surface area (Å²) in [7, 11) is 0. The van der Waals surface area contributed by atoms with E-state index in [4.69, 9.17) is 40.2 Å². The zero-order valence-electron chi connectivity index (χ0n) is 15.4. The quantitative estimate of drug-likeness (QED) is 0.612. The normalized spacial score (nSPS) is 15.5. The molecule has 26 heavy (non-hydrogen) atoms. The molecule has 144 valence electrons. The molecule has 0 amide bonds. The lowest BCUT2D eigenvalue weighted by Crippen LogP contribution is -2.48. The first-order valence-corrected chi connectivity index (χ1v) is 9.59. The van der Waals surface area contributed by atoms with Crippen molar-refractivity contribution < 1.29 is 9.84 Å². The average molecular weight is 418 g/mol. The molecule has 0 spiro atoms. The van der Waals surface area contributed by atoms with E-state index >= 15 is 0 Å². The SMILES string of the molecule is CC(COc1ccc(Cl)cc1Cl)CC(O)(Cn1[nH]cnc1=S)C(C)(C)C. The maximum atomic E-state index is 11.4. The summed E-state index contributed by atoms with van der Waals surface area (Å²) in [5.74, 6) is 0.668. The fourth-order valence-corrected chi connectivity index (χ4v) is 3.35. The molecule has 0 radical (unpaired) electrons. The minimum atomic E-state index is -0.996. The fraction of sp³-hybridized carbons (Fsp3) is 0.556. The third-order valence-electron chi connectivity index (χ3n) is 4.54. The topological polar surface area (TPSA) is 63.1 Å². The van der Waals surface area contributed by atoms with Crippen LogP contribution in [0, 0.1) is 16.1 Å². The summed E-state index contributed by atoms with van der Waals surface area (Å²) in [4.78, 5) is 4.02. The number of nitrogens with one attached hydrogen (secondary N) is 1. The van der Waals surface area contributed by atoms with Crippen molar-refractivity contribution in [1.29, 1.82) is 0 Å². The second-order valence-electron chi connectivity index (χ2n) is 7.73. The number of halogens is 2. The van der Waals surface area contributed by atoms with Gasteiger partial charge in [-0.15, -0.1) is 0 Å². The summed E-state index contributed by atoms with van der Waals surface area (Å²) < 4.78 is 7.93. The van der Waals surface area contributed by atoms with Crippen molar-refractivity contribution in [2.45, 2.75) is 46.3 Å². The molecule has 2 rings (SSSR count). The number of aromatic nitrogens is 3. The maximum absolute atomic E-state index is 11.4.